The summed E-state index contributed by atoms with van der Waals surface area (Å²) in [4.78, 5) is 13.2. The average molecular weight is 283 g/mol. The molecule has 0 N–H and O–H groups in total. The minimum atomic E-state index is -0.287. The molecule has 3 heteroatoms. The number of carbonyl (C=O) groups excluding carboxylic acids is 1. The van der Waals surface area contributed by atoms with Crippen LogP contribution in [0.25, 0.3) is 0 Å². The summed E-state index contributed by atoms with van der Waals surface area (Å²) in [5.41, 5.74) is 2.57. The first-order chi connectivity index (χ1) is 10.1. The van der Waals surface area contributed by atoms with Crippen molar-refractivity contribution in [2.75, 3.05) is 13.6 Å². The van der Waals surface area contributed by atoms with Crippen molar-refractivity contribution in [3.8, 4) is 5.75 Å². The van der Waals surface area contributed by atoms with Gasteiger partial charge in [0.25, 0.3) is 0 Å². The van der Waals surface area contributed by atoms with E-state index in [1.807, 2.05) is 30.3 Å². The number of carbonyl (C=O) groups is 1. The Morgan fingerprint density at radius 1 is 1.00 bits per heavy atom. The number of hydrogen-bond acceptors (Lipinski definition) is 3. The molecule has 0 aliphatic heterocycles. The molecule has 21 heavy (non-hydrogen) atoms. The highest BCUT2D eigenvalue weighted by atomic mass is 16.5. The number of ether oxygens (including phenoxy) is 1. The van der Waals surface area contributed by atoms with Gasteiger partial charge in [0, 0.05) is 20.0 Å². The maximum absolute atomic E-state index is 10.9. The fourth-order valence-corrected chi connectivity index (χ4v) is 2.18. The normalized spacial score (nSPS) is 10.6. The summed E-state index contributed by atoms with van der Waals surface area (Å²) in [5, 5.41) is 0. The molecule has 0 aliphatic carbocycles. The summed E-state index contributed by atoms with van der Waals surface area (Å²) in [7, 11) is 2.13. The quantitative estimate of drug-likeness (QED) is 0.602. The minimum Gasteiger partial charge on any atom is -0.427 e. The third kappa shape index (κ3) is 5.40. The van der Waals surface area contributed by atoms with Gasteiger partial charge in [0.15, 0.2) is 0 Å². The van der Waals surface area contributed by atoms with E-state index >= 15 is 0 Å². The summed E-state index contributed by atoms with van der Waals surface area (Å²) < 4.78 is 5.02. The van der Waals surface area contributed by atoms with Crippen LogP contribution in [-0.4, -0.2) is 24.5 Å². The highest BCUT2D eigenvalue weighted by Gasteiger charge is 2.02. The number of hydrogen-bond donors (Lipinski definition) is 0. The molecule has 0 aliphatic rings. The molecule has 110 valence electrons. The van der Waals surface area contributed by atoms with Crippen molar-refractivity contribution in [3.05, 3.63) is 65.7 Å². The number of esters is 1. The predicted molar refractivity (Wildman–Crippen MR) is 84.2 cm³/mol. The Kier molecular flexibility index (Phi) is 5.52. The lowest BCUT2D eigenvalue weighted by Gasteiger charge is -2.16. The zero-order valence-electron chi connectivity index (χ0n) is 12.6. The van der Waals surface area contributed by atoms with Crippen LogP contribution in [0.1, 0.15) is 18.1 Å². The van der Waals surface area contributed by atoms with Crippen molar-refractivity contribution in [2.24, 2.45) is 0 Å². The highest BCUT2D eigenvalue weighted by molar-refractivity contribution is 5.69. The molecule has 0 bridgehead atoms. The van der Waals surface area contributed by atoms with Crippen LogP contribution in [0.4, 0.5) is 0 Å². The molecular formula is C18H21NO2. The molecule has 0 spiro atoms. The summed E-state index contributed by atoms with van der Waals surface area (Å²) in [5.74, 6) is 0.314. The van der Waals surface area contributed by atoms with Gasteiger partial charge in [-0.2, -0.15) is 0 Å². The van der Waals surface area contributed by atoms with E-state index in [0.717, 1.165) is 19.5 Å². The molecular weight excluding hydrogens is 262 g/mol. The molecule has 0 atom stereocenters. The molecule has 0 unspecified atom stereocenters. The minimum absolute atomic E-state index is 0.287. The van der Waals surface area contributed by atoms with E-state index in [1.54, 1.807) is 0 Å². The van der Waals surface area contributed by atoms with Crippen LogP contribution < -0.4 is 4.74 Å². The van der Waals surface area contributed by atoms with Crippen LogP contribution >= 0.6 is 0 Å². The monoisotopic (exact) mass is 283 g/mol. The first-order valence-corrected chi connectivity index (χ1v) is 7.13. The summed E-state index contributed by atoms with van der Waals surface area (Å²) in [6, 6.07) is 18.2. The van der Waals surface area contributed by atoms with Gasteiger partial charge in [-0.3, -0.25) is 4.79 Å². The Labute approximate surface area is 126 Å². The predicted octanol–water partition coefficient (Wildman–Crippen LogP) is 3.29. The molecule has 2 rings (SSSR count). The van der Waals surface area contributed by atoms with Crippen LogP contribution in [0.15, 0.2) is 54.6 Å². The Hall–Kier alpha value is -2.13. The maximum atomic E-state index is 10.9. The van der Waals surface area contributed by atoms with E-state index in [9.17, 15) is 4.79 Å². The van der Waals surface area contributed by atoms with Crippen molar-refractivity contribution < 1.29 is 9.53 Å². The fourth-order valence-electron chi connectivity index (χ4n) is 2.18. The van der Waals surface area contributed by atoms with E-state index in [-0.39, 0.29) is 5.97 Å². The van der Waals surface area contributed by atoms with E-state index in [0.29, 0.717) is 5.75 Å². The van der Waals surface area contributed by atoms with Crippen LogP contribution in [0.2, 0.25) is 0 Å². The standard InChI is InChI=1S/C18H21NO2/c1-15(20)21-18-10-8-16(9-11-18)12-13-19(2)14-17-6-4-3-5-7-17/h3-11H,12-14H2,1-2H3. The van der Waals surface area contributed by atoms with Gasteiger partial charge in [0.1, 0.15) is 5.75 Å². The van der Waals surface area contributed by atoms with Gasteiger partial charge in [-0.15, -0.1) is 0 Å². The van der Waals surface area contributed by atoms with Crippen molar-refractivity contribution in [3.63, 3.8) is 0 Å². The Bertz CT molecular complexity index is 564. The number of benzene rings is 2. The second kappa shape index (κ2) is 7.60. The van der Waals surface area contributed by atoms with Gasteiger partial charge in [-0.05, 0) is 36.7 Å². The first-order valence-electron chi connectivity index (χ1n) is 7.13. The third-order valence-corrected chi connectivity index (χ3v) is 3.26. The molecule has 2 aromatic carbocycles. The summed E-state index contributed by atoms with van der Waals surface area (Å²) in [6.07, 6.45) is 0.976. The Morgan fingerprint density at radius 3 is 2.29 bits per heavy atom. The smallest absolute Gasteiger partial charge is 0.308 e. The zero-order valence-corrected chi connectivity index (χ0v) is 12.6. The number of nitrogens with zero attached hydrogens (tertiary/aromatic N) is 1. The zero-order chi connectivity index (χ0) is 15.1. The van der Waals surface area contributed by atoms with Crippen LogP contribution in [0.5, 0.6) is 5.75 Å². The van der Waals surface area contributed by atoms with E-state index < -0.39 is 0 Å². The second-order valence-electron chi connectivity index (χ2n) is 5.21. The van der Waals surface area contributed by atoms with Crippen molar-refractivity contribution in [1.29, 1.82) is 0 Å². The molecule has 0 aromatic heterocycles. The van der Waals surface area contributed by atoms with Gasteiger partial charge in [0.2, 0.25) is 0 Å². The Morgan fingerprint density at radius 2 is 1.67 bits per heavy atom. The maximum Gasteiger partial charge on any atom is 0.308 e. The largest absolute Gasteiger partial charge is 0.427 e. The van der Waals surface area contributed by atoms with Gasteiger partial charge < -0.3 is 9.64 Å². The summed E-state index contributed by atoms with van der Waals surface area (Å²) in [6.45, 7) is 3.35. The van der Waals surface area contributed by atoms with Crippen LogP contribution in [-0.2, 0) is 17.8 Å². The lowest BCUT2D eigenvalue weighted by molar-refractivity contribution is -0.131. The third-order valence-electron chi connectivity index (χ3n) is 3.26. The molecule has 0 saturated heterocycles. The SMILES string of the molecule is CC(=O)Oc1ccc(CCN(C)Cc2ccccc2)cc1. The van der Waals surface area contributed by atoms with Gasteiger partial charge >= 0.3 is 5.97 Å². The van der Waals surface area contributed by atoms with Gasteiger partial charge in [-0.25, -0.2) is 0 Å². The molecule has 0 saturated carbocycles. The molecule has 0 amide bonds. The molecule has 0 fully saturated rings. The Balaban J connectivity index is 1.81. The number of likely N-dealkylation sites (N-methyl/N-ethyl adjacent to an activating group) is 1. The van der Waals surface area contributed by atoms with Crippen LogP contribution in [0, 0.1) is 0 Å². The lowest BCUT2D eigenvalue weighted by atomic mass is 10.1. The fraction of sp³-hybridized carbons (Fsp3) is 0.278. The first kappa shape index (κ1) is 15.3. The van der Waals surface area contributed by atoms with Crippen LogP contribution in [0.3, 0.4) is 0 Å². The second-order valence-corrected chi connectivity index (χ2v) is 5.21. The van der Waals surface area contributed by atoms with Crippen molar-refractivity contribution >= 4 is 5.97 Å². The van der Waals surface area contributed by atoms with Gasteiger partial charge in [-0.1, -0.05) is 42.5 Å². The number of rotatable bonds is 6. The average Bonchev–Trinajstić information content (AvgIpc) is 2.47. The van der Waals surface area contributed by atoms with Gasteiger partial charge in [0.05, 0.1) is 0 Å². The lowest BCUT2D eigenvalue weighted by Crippen LogP contribution is -2.20. The van der Waals surface area contributed by atoms with E-state index in [1.165, 1.54) is 18.1 Å². The molecule has 3 nitrogen and oxygen atoms in total. The van der Waals surface area contributed by atoms with Crippen molar-refractivity contribution in [2.45, 2.75) is 19.9 Å². The molecule has 0 heterocycles. The van der Waals surface area contributed by atoms with E-state index in [2.05, 4.69) is 36.2 Å². The molecule has 2 aromatic rings. The summed E-state index contributed by atoms with van der Waals surface area (Å²) >= 11 is 0. The van der Waals surface area contributed by atoms with Crippen molar-refractivity contribution in [1.82, 2.24) is 4.90 Å². The molecule has 0 radical (unpaired) electrons. The highest BCUT2D eigenvalue weighted by Crippen LogP contribution is 2.13. The van der Waals surface area contributed by atoms with E-state index in [4.69, 9.17) is 4.74 Å². The topological polar surface area (TPSA) is 29.5 Å².